The zero-order valence-corrected chi connectivity index (χ0v) is 22.5. The number of pyridine rings is 1. The van der Waals surface area contributed by atoms with Crippen molar-refractivity contribution < 1.29 is 0 Å². The van der Waals surface area contributed by atoms with E-state index in [2.05, 4.69) is 55.6 Å². The molecule has 0 aliphatic carbocycles. The van der Waals surface area contributed by atoms with E-state index in [-0.39, 0.29) is 5.56 Å². The third kappa shape index (κ3) is 8.79. The minimum Gasteiger partial charge on any atom is -0.368 e. The first kappa shape index (κ1) is 29.1. The number of piperazine rings is 1. The lowest BCUT2D eigenvalue weighted by atomic mass is 10.1. The standard InChI is InChI=1S/C20H24N4O.C7H14.C2H6/c1-4-16(6-5-15(2)3)18-13-20(25)24-14-17(7-8-19(24)22-18)23-11-9-21-10-12-23;1-5-7(4)6(2)3;1-2/h4-8,13-14,21H,2,9-12H2,1,3H3;5-6H,1-4H3;1-2H3/b6-5-,16-4+;7-5-;. The van der Waals surface area contributed by atoms with Gasteiger partial charge in [-0.15, -0.1) is 0 Å². The highest BCUT2D eigenvalue weighted by Gasteiger charge is 2.12. The highest BCUT2D eigenvalue weighted by molar-refractivity contribution is 5.73. The Morgan fingerprint density at radius 1 is 1.09 bits per heavy atom. The Kier molecular flexibility index (Phi) is 12.9. The number of hydrogen-bond acceptors (Lipinski definition) is 4. The smallest absolute Gasteiger partial charge is 0.258 e. The van der Waals surface area contributed by atoms with Crippen LogP contribution in [0.3, 0.4) is 0 Å². The van der Waals surface area contributed by atoms with Crippen molar-refractivity contribution in [3.05, 3.63) is 82.5 Å². The molecular weight excluding hydrogens is 420 g/mol. The fraction of sp³-hybridized carbons (Fsp3) is 0.448. The molecule has 1 fully saturated rings. The molecule has 1 N–H and O–H groups in total. The van der Waals surface area contributed by atoms with Gasteiger partial charge in [-0.05, 0) is 51.3 Å². The number of allylic oxidation sites excluding steroid dienone is 7. The van der Waals surface area contributed by atoms with Gasteiger partial charge < -0.3 is 10.2 Å². The van der Waals surface area contributed by atoms with Crippen LogP contribution < -0.4 is 15.8 Å². The molecule has 0 bridgehead atoms. The largest absolute Gasteiger partial charge is 0.368 e. The molecule has 0 unspecified atom stereocenters. The van der Waals surface area contributed by atoms with E-state index in [9.17, 15) is 4.79 Å². The molecular formula is C29H44N4O. The van der Waals surface area contributed by atoms with Crippen molar-refractivity contribution in [2.24, 2.45) is 5.92 Å². The third-order valence-corrected chi connectivity index (χ3v) is 5.65. The summed E-state index contributed by atoms with van der Waals surface area (Å²) in [6.45, 7) is 24.2. The van der Waals surface area contributed by atoms with Gasteiger partial charge in [0.05, 0.1) is 11.4 Å². The number of fused-ring (bicyclic) bond motifs is 1. The van der Waals surface area contributed by atoms with Crippen LogP contribution in [0.1, 0.15) is 61.1 Å². The lowest BCUT2D eigenvalue weighted by Crippen LogP contribution is -2.43. The highest BCUT2D eigenvalue weighted by Crippen LogP contribution is 2.18. The van der Waals surface area contributed by atoms with E-state index >= 15 is 0 Å². The van der Waals surface area contributed by atoms with Gasteiger partial charge in [-0.1, -0.05) is 69.7 Å². The van der Waals surface area contributed by atoms with Crippen molar-refractivity contribution >= 4 is 16.9 Å². The van der Waals surface area contributed by atoms with Crippen molar-refractivity contribution in [1.82, 2.24) is 14.7 Å². The Morgan fingerprint density at radius 3 is 2.24 bits per heavy atom. The van der Waals surface area contributed by atoms with Crippen LogP contribution in [-0.2, 0) is 0 Å². The molecule has 186 valence electrons. The second kappa shape index (κ2) is 15.1. The van der Waals surface area contributed by atoms with Crippen LogP contribution in [0.4, 0.5) is 5.69 Å². The van der Waals surface area contributed by atoms with Crippen molar-refractivity contribution in [2.45, 2.75) is 55.4 Å². The van der Waals surface area contributed by atoms with Crippen LogP contribution in [0.15, 0.2) is 71.2 Å². The summed E-state index contributed by atoms with van der Waals surface area (Å²) in [4.78, 5) is 19.6. The van der Waals surface area contributed by atoms with Gasteiger partial charge in [0, 0.05) is 38.4 Å². The van der Waals surface area contributed by atoms with Gasteiger partial charge in [-0.2, -0.15) is 0 Å². The summed E-state index contributed by atoms with van der Waals surface area (Å²) in [7, 11) is 0. The average molecular weight is 465 g/mol. The third-order valence-electron chi connectivity index (χ3n) is 5.65. The molecule has 5 heteroatoms. The van der Waals surface area contributed by atoms with Gasteiger partial charge in [-0.3, -0.25) is 9.20 Å². The van der Waals surface area contributed by atoms with Gasteiger partial charge in [0.1, 0.15) is 5.65 Å². The zero-order chi connectivity index (χ0) is 25.7. The van der Waals surface area contributed by atoms with Gasteiger partial charge in [0.15, 0.2) is 0 Å². The van der Waals surface area contributed by atoms with Crippen LogP contribution >= 0.6 is 0 Å². The van der Waals surface area contributed by atoms with Gasteiger partial charge >= 0.3 is 0 Å². The molecule has 1 aliphatic rings. The van der Waals surface area contributed by atoms with Gasteiger partial charge in [0.2, 0.25) is 0 Å². The summed E-state index contributed by atoms with van der Waals surface area (Å²) in [5.74, 6) is 0.727. The fourth-order valence-electron chi connectivity index (χ4n) is 3.24. The van der Waals surface area contributed by atoms with Gasteiger partial charge in [0.25, 0.3) is 5.56 Å². The fourth-order valence-corrected chi connectivity index (χ4v) is 3.24. The van der Waals surface area contributed by atoms with Crippen molar-refractivity contribution in [3.63, 3.8) is 0 Å². The summed E-state index contributed by atoms with van der Waals surface area (Å²) >= 11 is 0. The Labute approximate surface area is 206 Å². The number of nitrogens with zero attached hydrogens (tertiary/aromatic N) is 3. The average Bonchev–Trinajstić information content (AvgIpc) is 2.85. The number of hydrogen-bond donors (Lipinski definition) is 1. The van der Waals surface area contributed by atoms with Crippen molar-refractivity contribution in [3.8, 4) is 0 Å². The molecule has 5 nitrogen and oxygen atoms in total. The molecule has 0 saturated carbocycles. The maximum absolute atomic E-state index is 12.6. The van der Waals surface area contributed by atoms with Crippen LogP contribution in [0, 0.1) is 5.92 Å². The monoisotopic (exact) mass is 464 g/mol. The summed E-state index contributed by atoms with van der Waals surface area (Å²) < 4.78 is 1.62. The Hall–Kier alpha value is -2.92. The first-order valence-electron chi connectivity index (χ1n) is 12.4. The minimum absolute atomic E-state index is 0.0694. The molecule has 0 aromatic carbocycles. The van der Waals surface area contributed by atoms with E-state index in [1.807, 2.05) is 64.3 Å². The topological polar surface area (TPSA) is 49.6 Å². The molecule has 1 aliphatic heterocycles. The Bertz CT molecular complexity index is 1070. The normalized spacial score (nSPS) is 14.6. The predicted octanol–water partition coefficient (Wildman–Crippen LogP) is 6.27. The summed E-state index contributed by atoms with van der Waals surface area (Å²) in [5, 5.41) is 3.34. The molecule has 0 radical (unpaired) electrons. The first-order valence-corrected chi connectivity index (χ1v) is 12.4. The SMILES string of the molecule is C/C=C(/C)C(C)C.C=C(C)/C=C\C(=C/C)c1cc(=O)n2cc(N3CCNCC3)ccc2n1.CC. The lowest BCUT2D eigenvalue weighted by molar-refractivity contribution is 0.588. The molecule has 2 aromatic rings. The van der Waals surface area contributed by atoms with Crippen molar-refractivity contribution in [1.29, 1.82) is 0 Å². The van der Waals surface area contributed by atoms with Gasteiger partial charge in [-0.25, -0.2) is 4.98 Å². The van der Waals surface area contributed by atoms with E-state index in [1.165, 1.54) is 5.57 Å². The van der Waals surface area contributed by atoms with Crippen molar-refractivity contribution in [2.75, 3.05) is 31.1 Å². The molecule has 34 heavy (non-hydrogen) atoms. The first-order chi connectivity index (χ1) is 16.3. The maximum Gasteiger partial charge on any atom is 0.258 e. The van der Waals surface area contributed by atoms with Crippen LogP contribution in [0.2, 0.25) is 0 Å². The summed E-state index contributed by atoms with van der Waals surface area (Å²) in [6.07, 6.45) is 9.86. The van der Waals surface area contributed by atoms with Crippen LogP contribution in [0.5, 0.6) is 0 Å². The second-order valence-electron chi connectivity index (χ2n) is 8.44. The molecule has 3 heterocycles. The van der Waals surface area contributed by atoms with Crippen LogP contribution in [0.25, 0.3) is 11.2 Å². The Balaban J connectivity index is 0.000000553. The lowest BCUT2D eigenvalue weighted by Gasteiger charge is -2.29. The molecule has 0 spiro atoms. The van der Waals surface area contributed by atoms with E-state index in [4.69, 9.17) is 0 Å². The number of rotatable bonds is 5. The zero-order valence-electron chi connectivity index (χ0n) is 22.5. The molecule has 3 rings (SSSR count). The quantitative estimate of drug-likeness (QED) is 0.418. The van der Waals surface area contributed by atoms with E-state index in [1.54, 1.807) is 10.5 Å². The molecule has 1 saturated heterocycles. The summed E-state index contributed by atoms with van der Waals surface area (Å²) in [5.41, 5.74) is 5.66. The number of nitrogens with one attached hydrogen (secondary N) is 1. The maximum atomic E-state index is 12.6. The van der Waals surface area contributed by atoms with Crippen LogP contribution in [-0.4, -0.2) is 35.6 Å². The van der Waals surface area contributed by atoms with E-state index < -0.39 is 0 Å². The molecule has 0 atom stereocenters. The summed E-state index contributed by atoms with van der Waals surface area (Å²) in [6, 6.07) is 5.54. The van der Waals surface area contributed by atoms with E-state index in [0.29, 0.717) is 11.3 Å². The highest BCUT2D eigenvalue weighted by atomic mass is 16.1. The second-order valence-corrected chi connectivity index (χ2v) is 8.44. The molecule has 0 amide bonds. The number of aromatic nitrogens is 2. The molecule has 2 aromatic heterocycles. The minimum atomic E-state index is -0.0694. The predicted molar refractivity (Wildman–Crippen MR) is 150 cm³/mol. The van der Waals surface area contributed by atoms with E-state index in [0.717, 1.165) is 48.9 Å². The Morgan fingerprint density at radius 2 is 1.74 bits per heavy atom. The number of anilines is 1.